The SMILES string of the molecule is CC1CCCc2c1cc(C(=O)O)c(=O)n2C. The Morgan fingerprint density at radius 3 is 2.88 bits per heavy atom. The molecule has 0 saturated carbocycles. The summed E-state index contributed by atoms with van der Waals surface area (Å²) in [6.45, 7) is 2.08. The number of pyridine rings is 1. The van der Waals surface area contributed by atoms with Gasteiger partial charge in [0.15, 0.2) is 0 Å². The Labute approximate surface area is 93.5 Å². The molecule has 4 nitrogen and oxygen atoms in total. The average Bonchev–Trinajstić information content (AvgIpc) is 2.23. The first-order valence-electron chi connectivity index (χ1n) is 5.48. The Balaban J connectivity index is 2.72. The van der Waals surface area contributed by atoms with Crippen molar-refractivity contribution in [1.29, 1.82) is 0 Å². The lowest BCUT2D eigenvalue weighted by atomic mass is 9.86. The maximum atomic E-state index is 11.8. The first-order valence-corrected chi connectivity index (χ1v) is 5.48. The molecule has 1 aromatic heterocycles. The summed E-state index contributed by atoms with van der Waals surface area (Å²) in [5.74, 6) is -0.796. The van der Waals surface area contributed by atoms with Gasteiger partial charge in [-0.1, -0.05) is 6.92 Å². The average molecular weight is 221 g/mol. The van der Waals surface area contributed by atoms with Gasteiger partial charge in [0.05, 0.1) is 0 Å². The topological polar surface area (TPSA) is 59.3 Å². The maximum Gasteiger partial charge on any atom is 0.341 e. The molecule has 0 fully saturated rings. The van der Waals surface area contributed by atoms with Crippen LogP contribution in [0.15, 0.2) is 10.9 Å². The van der Waals surface area contributed by atoms with Crippen LogP contribution in [-0.4, -0.2) is 15.6 Å². The highest BCUT2D eigenvalue weighted by molar-refractivity contribution is 5.87. The molecule has 0 bridgehead atoms. The second-order valence-corrected chi connectivity index (χ2v) is 4.42. The van der Waals surface area contributed by atoms with Gasteiger partial charge in [-0.05, 0) is 36.8 Å². The van der Waals surface area contributed by atoms with Crippen LogP contribution in [0.1, 0.15) is 47.3 Å². The molecule has 1 aliphatic carbocycles. The molecule has 1 N–H and O–H groups in total. The van der Waals surface area contributed by atoms with E-state index in [0.717, 1.165) is 30.5 Å². The van der Waals surface area contributed by atoms with Gasteiger partial charge >= 0.3 is 5.97 Å². The van der Waals surface area contributed by atoms with E-state index in [0.29, 0.717) is 5.92 Å². The standard InChI is InChI=1S/C12H15NO3/c1-7-4-3-5-10-8(7)6-9(12(15)16)11(14)13(10)2/h6-7H,3-5H2,1-2H3,(H,15,16). The largest absolute Gasteiger partial charge is 0.477 e. The van der Waals surface area contributed by atoms with Crippen molar-refractivity contribution in [2.75, 3.05) is 0 Å². The van der Waals surface area contributed by atoms with Crippen molar-refractivity contribution in [3.05, 3.63) is 33.2 Å². The monoisotopic (exact) mass is 221 g/mol. The summed E-state index contributed by atoms with van der Waals surface area (Å²) >= 11 is 0. The molecular formula is C12H15NO3. The lowest BCUT2D eigenvalue weighted by molar-refractivity contribution is 0.0694. The molecule has 0 saturated heterocycles. The van der Waals surface area contributed by atoms with Gasteiger partial charge in [-0.25, -0.2) is 4.79 Å². The molecule has 2 rings (SSSR count). The van der Waals surface area contributed by atoms with Gasteiger partial charge in [0.2, 0.25) is 0 Å². The number of carbonyl (C=O) groups is 1. The van der Waals surface area contributed by atoms with Gasteiger partial charge in [0.25, 0.3) is 5.56 Å². The normalized spacial score (nSPS) is 19.2. The van der Waals surface area contributed by atoms with E-state index in [1.165, 1.54) is 4.57 Å². The van der Waals surface area contributed by atoms with E-state index < -0.39 is 11.5 Å². The zero-order chi connectivity index (χ0) is 11.9. The molecule has 1 unspecified atom stereocenters. The molecule has 1 aliphatic rings. The number of rotatable bonds is 1. The van der Waals surface area contributed by atoms with Gasteiger partial charge < -0.3 is 9.67 Å². The van der Waals surface area contributed by atoms with Crippen molar-refractivity contribution in [1.82, 2.24) is 4.57 Å². The van der Waals surface area contributed by atoms with E-state index in [-0.39, 0.29) is 5.56 Å². The predicted molar refractivity (Wildman–Crippen MR) is 60.0 cm³/mol. The Morgan fingerprint density at radius 2 is 2.25 bits per heavy atom. The molecule has 1 heterocycles. The summed E-state index contributed by atoms with van der Waals surface area (Å²) in [4.78, 5) is 22.7. The van der Waals surface area contributed by atoms with Gasteiger partial charge in [0, 0.05) is 12.7 Å². The molecule has 0 amide bonds. The molecule has 1 aromatic rings. The fourth-order valence-corrected chi connectivity index (χ4v) is 2.42. The number of carboxylic acids is 1. The quantitative estimate of drug-likeness (QED) is 0.782. The molecule has 0 spiro atoms. The molecule has 0 radical (unpaired) electrons. The van der Waals surface area contributed by atoms with Crippen LogP contribution in [0.2, 0.25) is 0 Å². The first kappa shape index (κ1) is 10.9. The third kappa shape index (κ3) is 1.54. The summed E-state index contributed by atoms with van der Waals surface area (Å²) in [7, 11) is 1.66. The molecule has 1 atom stereocenters. The Hall–Kier alpha value is -1.58. The second-order valence-electron chi connectivity index (χ2n) is 4.42. The summed E-state index contributed by atoms with van der Waals surface area (Å²) in [5.41, 5.74) is 1.50. The molecule has 0 aliphatic heterocycles. The molecule has 4 heteroatoms. The van der Waals surface area contributed by atoms with Crippen LogP contribution in [0, 0.1) is 0 Å². The van der Waals surface area contributed by atoms with Crippen LogP contribution in [0.5, 0.6) is 0 Å². The molecule has 16 heavy (non-hydrogen) atoms. The first-order chi connectivity index (χ1) is 7.52. The molecular weight excluding hydrogens is 206 g/mol. The minimum absolute atomic E-state index is 0.116. The fourth-order valence-electron chi connectivity index (χ4n) is 2.42. The maximum absolute atomic E-state index is 11.8. The summed E-state index contributed by atoms with van der Waals surface area (Å²) < 4.78 is 1.49. The van der Waals surface area contributed by atoms with Crippen molar-refractivity contribution in [3.8, 4) is 0 Å². The smallest absolute Gasteiger partial charge is 0.341 e. The minimum Gasteiger partial charge on any atom is -0.477 e. The number of hydrogen-bond acceptors (Lipinski definition) is 2. The van der Waals surface area contributed by atoms with Crippen molar-refractivity contribution in [2.24, 2.45) is 7.05 Å². The summed E-state index contributed by atoms with van der Waals surface area (Å²) in [5, 5.41) is 8.96. The van der Waals surface area contributed by atoms with Crippen molar-refractivity contribution in [2.45, 2.75) is 32.1 Å². The zero-order valence-corrected chi connectivity index (χ0v) is 9.49. The lowest BCUT2D eigenvalue weighted by Crippen LogP contribution is -2.30. The number of carboxylic acid groups (broad SMARTS) is 1. The summed E-state index contributed by atoms with van der Waals surface area (Å²) in [6, 6.07) is 1.56. The van der Waals surface area contributed by atoms with E-state index in [4.69, 9.17) is 5.11 Å². The van der Waals surface area contributed by atoms with E-state index in [2.05, 4.69) is 6.92 Å². The van der Waals surface area contributed by atoms with Crippen LogP contribution < -0.4 is 5.56 Å². The number of fused-ring (bicyclic) bond motifs is 1. The van der Waals surface area contributed by atoms with Crippen LogP contribution >= 0.6 is 0 Å². The third-order valence-electron chi connectivity index (χ3n) is 3.39. The van der Waals surface area contributed by atoms with E-state index in [1.807, 2.05) is 0 Å². The van der Waals surface area contributed by atoms with E-state index in [1.54, 1.807) is 13.1 Å². The van der Waals surface area contributed by atoms with Crippen LogP contribution in [0.25, 0.3) is 0 Å². The third-order valence-corrected chi connectivity index (χ3v) is 3.39. The highest BCUT2D eigenvalue weighted by Gasteiger charge is 2.22. The summed E-state index contributed by atoms with van der Waals surface area (Å²) in [6.07, 6.45) is 2.99. The van der Waals surface area contributed by atoms with Crippen LogP contribution in [-0.2, 0) is 13.5 Å². The molecule has 0 aromatic carbocycles. The van der Waals surface area contributed by atoms with Crippen LogP contribution in [0.3, 0.4) is 0 Å². The van der Waals surface area contributed by atoms with Crippen molar-refractivity contribution >= 4 is 5.97 Å². The Bertz CT molecular complexity index is 502. The lowest BCUT2D eigenvalue weighted by Gasteiger charge is -2.24. The second kappa shape index (κ2) is 3.77. The van der Waals surface area contributed by atoms with Crippen LogP contribution in [0.4, 0.5) is 0 Å². The number of nitrogens with zero attached hydrogens (tertiary/aromatic N) is 1. The highest BCUT2D eigenvalue weighted by atomic mass is 16.4. The predicted octanol–water partition coefficient (Wildman–Crippen LogP) is 1.52. The Morgan fingerprint density at radius 1 is 1.56 bits per heavy atom. The van der Waals surface area contributed by atoms with Gasteiger partial charge in [-0.3, -0.25) is 4.79 Å². The number of aromatic nitrogens is 1. The van der Waals surface area contributed by atoms with Crippen molar-refractivity contribution in [3.63, 3.8) is 0 Å². The van der Waals surface area contributed by atoms with Gasteiger partial charge in [-0.15, -0.1) is 0 Å². The highest BCUT2D eigenvalue weighted by Crippen LogP contribution is 2.30. The van der Waals surface area contributed by atoms with Crippen molar-refractivity contribution < 1.29 is 9.90 Å². The van der Waals surface area contributed by atoms with E-state index >= 15 is 0 Å². The Kier molecular flexibility index (Phi) is 2.58. The van der Waals surface area contributed by atoms with E-state index in [9.17, 15) is 9.59 Å². The number of hydrogen-bond donors (Lipinski definition) is 1. The fraction of sp³-hybridized carbons (Fsp3) is 0.500. The number of aromatic carboxylic acids is 1. The zero-order valence-electron chi connectivity index (χ0n) is 9.49. The van der Waals surface area contributed by atoms with Gasteiger partial charge in [0.1, 0.15) is 5.56 Å². The minimum atomic E-state index is -1.14. The van der Waals surface area contributed by atoms with Gasteiger partial charge in [-0.2, -0.15) is 0 Å². The molecule has 86 valence electrons.